The smallest absolute Gasteiger partial charge is 0.355 e. The van der Waals surface area contributed by atoms with E-state index in [0.717, 1.165) is 50.2 Å². The van der Waals surface area contributed by atoms with Crippen molar-refractivity contribution < 1.29 is 14.6 Å². The van der Waals surface area contributed by atoms with Crippen molar-refractivity contribution in [2.24, 2.45) is 11.8 Å². The lowest BCUT2D eigenvalue weighted by Crippen LogP contribution is -2.53. The summed E-state index contributed by atoms with van der Waals surface area (Å²) in [5.74, 6) is 0.843. The maximum Gasteiger partial charge on any atom is 0.355 e. The molecule has 0 spiro atoms. The molecule has 0 saturated carbocycles. The summed E-state index contributed by atoms with van der Waals surface area (Å²) in [7, 11) is 0. The molecule has 0 amide bonds. The van der Waals surface area contributed by atoms with Crippen LogP contribution in [-0.2, 0) is 23.0 Å². The lowest BCUT2D eigenvalue weighted by Gasteiger charge is -2.51. The fourth-order valence-corrected chi connectivity index (χ4v) is 5.42. The maximum absolute atomic E-state index is 12.7. The number of rotatable bonds is 5. The van der Waals surface area contributed by atoms with Crippen LogP contribution in [0.5, 0.6) is 5.75 Å². The van der Waals surface area contributed by atoms with Crippen LogP contribution < -0.4 is 0 Å². The van der Waals surface area contributed by atoms with Crippen molar-refractivity contribution in [3.63, 3.8) is 0 Å². The number of H-pyrrole nitrogens is 1. The van der Waals surface area contributed by atoms with Crippen LogP contribution in [0.15, 0.2) is 24.3 Å². The summed E-state index contributed by atoms with van der Waals surface area (Å²) < 4.78 is 5.52. The van der Waals surface area contributed by atoms with E-state index in [1.165, 1.54) is 11.1 Å². The molecule has 1 fully saturated rings. The normalized spacial score (nSPS) is 23.8. The van der Waals surface area contributed by atoms with Gasteiger partial charge < -0.3 is 19.7 Å². The Kier molecular flexibility index (Phi) is 5.67. The van der Waals surface area contributed by atoms with Crippen LogP contribution in [-0.4, -0.2) is 47.2 Å². The molecule has 0 bridgehead atoms. The molecule has 0 unspecified atom stereocenters. The van der Waals surface area contributed by atoms with Gasteiger partial charge in [0, 0.05) is 17.7 Å². The topological polar surface area (TPSA) is 65.6 Å². The largest absolute Gasteiger partial charge is 0.508 e. The number of hydrogen-bond donors (Lipinski definition) is 2. The summed E-state index contributed by atoms with van der Waals surface area (Å²) in [4.78, 5) is 18.7. The highest BCUT2D eigenvalue weighted by Crippen LogP contribution is 2.49. The number of aromatic amines is 1. The Morgan fingerprint density at radius 2 is 2.20 bits per heavy atom. The third-order valence-corrected chi connectivity index (χ3v) is 7.16. The number of carbonyl (C=O) groups excluding carboxylic acids is 1. The second kappa shape index (κ2) is 8.10. The number of nitrogens with zero attached hydrogens (tertiary/aromatic N) is 1. The molecule has 1 aromatic carbocycles. The minimum atomic E-state index is -0.250. The van der Waals surface area contributed by atoms with Crippen LogP contribution in [0.25, 0.3) is 0 Å². The molecule has 1 aliphatic heterocycles. The predicted molar refractivity (Wildman–Crippen MR) is 118 cm³/mol. The van der Waals surface area contributed by atoms with E-state index >= 15 is 0 Å². The molecule has 2 heterocycles. The van der Waals surface area contributed by atoms with Gasteiger partial charge in [-0.25, -0.2) is 4.79 Å². The molecule has 5 heteroatoms. The third kappa shape index (κ3) is 3.64. The van der Waals surface area contributed by atoms with Crippen molar-refractivity contribution in [2.75, 3.05) is 26.2 Å². The minimum absolute atomic E-state index is 0.0200. The summed E-state index contributed by atoms with van der Waals surface area (Å²) in [6.45, 7) is 11.9. The van der Waals surface area contributed by atoms with Crippen LogP contribution in [0.1, 0.15) is 60.1 Å². The lowest BCUT2D eigenvalue weighted by molar-refractivity contribution is 0.0451. The Morgan fingerprint density at radius 3 is 2.90 bits per heavy atom. The lowest BCUT2D eigenvalue weighted by atomic mass is 9.58. The van der Waals surface area contributed by atoms with Gasteiger partial charge in [0.1, 0.15) is 11.4 Å². The average molecular weight is 411 g/mol. The average Bonchev–Trinajstić information content (AvgIpc) is 3.05. The van der Waals surface area contributed by atoms with Gasteiger partial charge in [0.25, 0.3) is 0 Å². The number of phenols is 1. The van der Waals surface area contributed by atoms with Crippen LogP contribution in [0.3, 0.4) is 0 Å². The minimum Gasteiger partial charge on any atom is -0.508 e. The summed E-state index contributed by atoms with van der Waals surface area (Å²) >= 11 is 0. The van der Waals surface area contributed by atoms with Crippen molar-refractivity contribution in [3.8, 4) is 5.75 Å². The number of ether oxygens (including phenoxy) is 1. The zero-order chi connectivity index (χ0) is 21.5. The summed E-state index contributed by atoms with van der Waals surface area (Å²) in [6.07, 6.45) is 2.87. The summed E-state index contributed by atoms with van der Waals surface area (Å²) in [5, 5.41) is 10.2. The van der Waals surface area contributed by atoms with Gasteiger partial charge in [-0.15, -0.1) is 0 Å². The van der Waals surface area contributed by atoms with Gasteiger partial charge in [0.15, 0.2) is 0 Å². The highest BCUT2D eigenvalue weighted by Gasteiger charge is 2.48. The molecule has 2 aliphatic rings. The number of hydrogen-bond acceptors (Lipinski definition) is 4. The van der Waals surface area contributed by atoms with Crippen molar-refractivity contribution in [2.45, 2.75) is 52.4 Å². The molecule has 2 atom stereocenters. The number of esters is 1. The molecule has 1 saturated heterocycles. The SMILES string of the molecule is CCN1CC[C@@]2(c3cccc(O)c3)Cc3[nH]c(C(=O)OCC(C)C)c(C)c3C[C@@H]2C1. The zero-order valence-electron chi connectivity index (χ0n) is 18.6. The molecule has 162 valence electrons. The molecule has 2 aromatic rings. The Morgan fingerprint density at radius 1 is 1.40 bits per heavy atom. The van der Waals surface area contributed by atoms with E-state index in [1.807, 2.05) is 32.9 Å². The van der Waals surface area contributed by atoms with E-state index in [1.54, 1.807) is 6.07 Å². The van der Waals surface area contributed by atoms with Gasteiger partial charge in [-0.2, -0.15) is 0 Å². The first kappa shape index (κ1) is 21.0. The molecule has 2 N–H and O–H groups in total. The maximum atomic E-state index is 12.7. The van der Waals surface area contributed by atoms with Crippen LogP contribution in [0.4, 0.5) is 0 Å². The van der Waals surface area contributed by atoms with E-state index in [2.05, 4.69) is 22.9 Å². The number of fused-ring (bicyclic) bond motifs is 2. The Hall–Kier alpha value is -2.27. The highest BCUT2D eigenvalue weighted by molar-refractivity contribution is 5.90. The van der Waals surface area contributed by atoms with Crippen molar-refractivity contribution >= 4 is 5.97 Å². The zero-order valence-corrected chi connectivity index (χ0v) is 18.6. The number of phenolic OH excluding ortho intramolecular Hbond substituents is 1. The van der Waals surface area contributed by atoms with Crippen LogP contribution in [0, 0.1) is 18.8 Å². The summed E-state index contributed by atoms with van der Waals surface area (Å²) in [6, 6.07) is 7.79. The molecule has 1 aliphatic carbocycles. The van der Waals surface area contributed by atoms with Gasteiger partial charge in [-0.1, -0.05) is 32.9 Å². The first-order valence-electron chi connectivity index (χ1n) is 11.2. The second-order valence-corrected chi connectivity index (χ2v) is 9.50. The van der Waals surface area contributed by atoms with Crippen molar-refractivity contribution in [3.05, 3.63) is 52.3 Å². The van der Waals surface area contributed by atoms with E-state index in [0.29, 0.717) is 29.9 Å². The second-order valence-electron chi connectivity index (χ2n) is 9.50. The first-order chi connectivity index (χ1) is 14.3. The van der Waals surface area contributed by atoms with Gasteiger partial charge in [0.05, 0.1) is 6.61 Å². The van der Waals surface area contributed by atoms with Crippen LogP contribution in [0.2, 0.25) is 0 Å². The van der Waals surface area contributed by atoms with E-state index in [4.69, 9.17) is 4.74 Å². The van der Waals surface area contributed by atoms with Crippen molar-refractivity contribution in [1.29, 1.82) is 0 Å². The first-order valence-corrected chi connectivity index (χ1v) is 11.2. The van der Waals surface area contributed by atoms with E-state index < -0.39 is 0 Å². The molecular weight excluding hydrogens is 376 g/mol. The van der Waals surface area contributed by atoms with Crippen molar-refractivity contribution in [1.82, 2.24) is 9.88 Å². The number of aromatic nitrogens is 1. The Bertz CT molecular complexity index is 932. The monoisotopic (exact) mass is 410 g/mol. The van der Waals surface area contributed by atoms with Gasteiger partial charge in [-0.3, -0.25) is 0 Å². The Balaban J connectivity index is 1.72. The third-order valence-electron chi connectivity index (χ3n) is 7.16. The molecular formula is C25H34N2O3. The number of nitrogens with one attached hydrogen (secondary N) is 1. The summed E-state index contributed by atoms with van der Waals surface area (Å²) in [5.41, 5.74) is 5.28. The molecule has 30 heavy (non-hydrogen) atoms. The Labute approximate surface area is 179 Å². The van der Waals surface area contributed by atoms with E-state index in [-0.39, 0.29) is 11.4 Å². The standard InChI is InChI=1S/C25H34N2O3/c1-5-27-10-9-25(18-7-6-8-20(28)11-18)13-22-21(12-19(25)14-27)17(4)23(26-22)24(29)30-15-16(2)3/h6-8,11,16,19,26,28H,5,9-10,12-15H2,1-4H3/t19-,25+/m1/s1. The van der Waals surface area contributed by atoms with E-state index in [9.17, 15) is 9.90 Å². The van der Waals surface area contributed by atoms with Gasteiger partial charge >= 0.3 is 5.97 Å². The van der Waals surface area contributed by atoms with Gasteiger partial charge in [0.2, 0.25) is 0 Å². The predicted octanol–water partition coefficient (Wildman–Crippen LogP) is 4.22. The highest BCUT2D eigenvalue weighted by atomic mass is 16.5. The fraction of sp³-hybridized carbons (Fsp3) is 0.560. The fourth-order valence-electron chi connectivity index (χ4n) is 5.42. The number of carbonyl (C=O) groups is 1. The number of aromatic hydroxyl groups is 1. The molecule has 0 radical (unpaired) electrons. The number of piperidine rings is 1. The van der Waals surface area contributed by atoms with Crippen LogP contribution >= 0.6 is 0 Å². The number of benzene rings is 1. The molecule has 1 aromatic heterocycles. The molecule has 5 nitrogen and oxygen atoms in total. The quantitative estimate of drug-likeness (QED) is 0.725. The molecule has 4 rings (SSSR count). The number of likely N-dealkylation sites (tertiary alicyclic amines) is 1. The van der Waals surface area contributed by atoms with Gasteiger partial charge in [-0.05, 0) is 79.9 Å².